The Morgan fingerprint density at radius 1 is 1.32 bits per heavy atom. The van der Waals surface area contributed by atoms with Crippen molar-refractivity contribution < 1.29 is 27.2 Å². The topological polar surface area (TPSA) is 107 Å². The molecule has 3 heterocycles. The quantitative estimate of drug-likeness (QED) is 0.436. The molecule has 2 N–H and O–H groups in total. The molecule has 0 spiro atoms. The molecule has 4 rings (SSSR count). The largest absolute Gasteiger partial charge is 0.467 e. The van der Waals surface area contributed by atoms with E-state index >= 15 is 0 Å². The lowest BCUT2D eigenvalue weighted by atomic mass is 10.2. The first kappa shape index (κ1) is 24.0. The van der Waals surface area contributed by atoms with Gasteiger partial charge in [0.05, 0.1) is 28.7 Å². The lowest BCUT2D eigenvalue weighted by Crippen LogP contribution is -2.28. The van der Waals surface area contributed by atoms with Gasteiger partial charge >= 0.3 is 6.18 Å². The Balaban J connectivity index is 1.56. The van der Waals surface area contributed by atoms with Crippen LogP contribution >= 0.6 is 15.9 Å². The van der Waals surface area contributed by atoms with Crippen molar-refractivity contribution in [2.45, 2.75) is 57.9 Å². The van der Waals surface area contributed by atoms with Crippen LogP contribution in [0.25, 0.3) is 0 Å². The molecule has 0 aliphatic heterocycles. The molecule has 1 atom stereocenters. The zero-order valence-corrected chi connectivity index (χ0v) is 19.9. The highest BCUT2D eigenvalue weighted by Gasteiger charge is 2.43. The number of rotatable bonds is 8. The predicted molar refractivity (Wildman–Crippen MR) is 118 cm³/mol. The zero-order chi connectivity index (χ0) is 24.6. The summed E-state index contributed by atoms with van der Waals surface area (Å²) in [4.78, 5) is 25.7. The molecule has 182 valence electrons. The molecule has 3 aromatic rings. The van der Waals surface area contributed by atoms with Crippen molar-refractivity contribution in [3.63, 3.8) is 0 Å². The van der Waals surface area contributed by atoms with Gasteiger partial charge in [-0.3, -0.25) is 19.0 Å². The third-order valence-corrected chi connectivity index (χ3v) is 6.21. The number of carbonyl (C=O) groups is 2. The van der Waals surface area contributed by atoms with Gasteiger partial charge in [-0.15, -0.1) is 0 Å². The van der Waals surface area contributed by atoms with Gasteiger partial charge in [-0.2, -0.15) is 23.4 Å². The third kappa shape index (κ3) is 4.88. The Bertz CT molecular complexity index is 1200. The summed E-state index contributed by atoms with van der Waals surface area (Å²) in [5.41, 5.74) is -0.596. The van der Waals surface area contributed by atoms with E-state index in [2.05, 4.69) is 36.8 Å². The number of alkyl halides is 3. The fraction of sp³-hybridized carbons (Fsp3) is 0.429. The van der Waals surface area contributed by atoms with Crippen LogP contribution in [0.2, 0.25) is 0 Å². The van der Waals surface area contributed by atoms with Gasteiger partial charge in [0.1, 0.15) is 11.8 Å². The third-order valence-electron chi connectivity index (χ3n) is 5.43. The van der Waals surface area contributed by atoms with Crippen molar-refractivity contribution in [2.75, 3.05) is 5.32 Å². The van der Waals surface area contributed by atoms with Crippen LogP contribution in [0, 0.1) is 0 Å². The molecule has 1 fully saturated rings. The van der Waals surface area contributed by atoms with E-state index in [1.165, 1.54) is 24.1 Å². The van der Waals surface area contributed by atoms with E-state index in [1.54, 1.807) is 12.1 Å². The number of halogens is 4. The lowest BCUT2D eigenvalue weighted by Gasteiger charge is -2.16. The molecule has 0 radical (unpaired) electrons. The first-order chi connectivity index (χ1) is 16.1. The van der Waals surface area contributed by atoms with E-state index in [-0.39, 0.29) is 28.3 Å². The van der Waals surface area contributed by atoms with Crippen molar-refractivity contribution >= 4 is 33.4 Å². The second-order valence-electron chi connectivity index (χ2n) is 7.94. The number of anilines is 1. The number of nitrogens with zero attached hydrogens (tertiary/aromatic N) is 4. The van der Waals surface area contributed by atoms with Crippen LogP contribution in [0.4, 0.5) is 18.9 Å². The molecule has 2 amide bonds. The summed E-state index contributed by atoms with van der Waals surface area (Å²) >= 11 is 3.03. The number of furan rings is 1. The maximum absolute atomic E-state index is 13.4. The van der Waals surface area contributed by atoms with Gasteiger partial charge in [0.2, 0.25) is 5.91 Å². The molecular formula is C21H22BrF3N6O3. The summed E-state index contributed by atoms with van der Waals surface area (Å²) in [5.74, 6) is -0.716. The summed E-state index contributed by atoms with van der Waals surface area (Å²) in [6, 6.07) is 2.32. The monoisotopic (exact) mass is 542 g/mol. The number of hydrogen-bond acceptors (Lipinski definition) is 5. The summed E-state index contributed by atoms with van der Waals surface area (Å²) in [5, 5.41) is 13.2. The molecule has 0 bridgehead atoms. The van der Waals surface area contributed by atoms with E-state index in [0.29, 0.717) is 18.0 Å². The maximum atomic E-state index is 13.4. The molecule has 1 aliphatic rings. The summed E-state index contributed by atoms with van der Waals surface area (Å²) in [6.07, 6.45) is -0.244. The SMILES string of the molecule is CCn1cc(NC(=O)C(C)n2nc(C(F)(F)F)c(Br)c2C2CC2)c(C(=O)NCc2ccco2)n1. The van der Waals surface area contributed by atoms with E-state index in [9.17, 15) is 22.8 Å². The van der Waals surface area contributed by atoms with Crippen molar-refractivity contribution in [1.29, 1.82) is 0 Å². The second kappa shape index (κ2) is 9.28. The molecule has 34 heavy (non-hydrogen) atoms. The first-order valence-electron chi connectivity index (χ1n) is 10.6. The zero-order valence-electron chi connectivity index (χ0n) is 18.3. The van der Waals surface area contributed by atoms with Crippen molar-refractivity contribution in [2.24, 2.45) is 0 Å². The van der Waals surface area contributed by atoms with Crippen LogP contribution in [-0.4, -0.2) is 31.4 Å². The van der Waals surface area contributed by atoms with Crippen LogP contribution in [0.15, 0.2) is 33.5 Å². The number of carbonyl (C=O) groups excluding carboxylic acids is 2. The maximum Gasteiger partial charge on any atom is 0.436 e. The number of aryl methyl sites for hydroxylation is 1. The Labute approximate surface area is 200 Å². The minimum absolute atomic E-state index is 0.0194. The van der Waals surface area contributed by atoms with Crippen molar-refractivity contribution in [1.82, 2.24) is 24.9 Å². The molecule has 0 aromatic carbocycles. The van der Waals surface area contributed by atoms with E-state index in [1.807, 2.05) is 6.92 Å². The molecule has 9 nitrogen and oxygen atoms in total. The molecule has 0 saturated heterocycles. The van der Waals surface area contributed by atoms with Crippen LogP contribution < -0.4 is 10.6 Å². The average molecular weight is 543 g/mol. The predicted octanol–water partition coefficient (Wildman–Crippen LogP) is 4.48. The Morgan fingerprint density at radius 3 is 2.65 bits per heavy atom. The van der Waals surface area contributed by atoms with Gasteiger partial charge in [-0.05, 0) is 54.8 Å². The molecular weight excluding hydrogens is 521 g/mol. The fourth-order valence-electron chi connectivity index (χ4n) is 3.48. The highest BCUT2D eigenvalue weighted by molar-refractivity contribution is 9.10. The van der Waals surface area contributed by atoms with Gasteiger partial charge in [0.15, 0.2) is 11.4 Å². The van der Waals surface area contributed by atoms with Crippen molar-refractivity contribution in [3.8, 4) is 0 Å². The van der Waals surface area contributed by atoms with Crippen LogP contribution in [0.1, 0.15) is 66.3 Å². The smallest absolute Gasteiger partial charge is 0.436 e. The van der Waals surface area contributed by atoms with E-state index in [0.717, 1.165) is 17.5 Å². The number of aromatic nitrogens is 4. The Hall–Kier alpha value is -3.09. The summed E-state index contributed by atoms with van der Waals surface area (Å²) in [7, 11) is 0. The lowest BCUT2D eigenvalue weighted by molar-refractivity contribution is -0.142. The van der Waals surface area contributed by atoms with Gasteiger partial charge in [-0.25, -0.2) is 0 Å². The molecule has 13 heteroatoms. The Kier molecular flexibility index (Phi) is 6.56. The van der Waals surface area contributed by atoms with E-state index < -0.39 is 29.7 Å². The highest BCUT2D eigenvalue weighted by atomic mass is 79.9. The molecule has 1 aliphatic carbocycles. The van der Waals surface area contributed by atoms with Gasteiger partial charge in [0.25, 0.3) is 5.91 Å². The number of nitrogens with one attached hydrogen (secondary N) is 2. The normalized spacial score (nSPS) is 14.8. The first-order valence-corrected chi connectivity index (χ1v) is 11.4. The van der Waals surface area contributed by atoms with Gasteiger partial charge < -0.3 is 15.1 Å². The minimum Gasteiger partial charge on any atom is -0.467 e. The second-order valence-corrected chi connectivity index (χ2v) is 8.73. The van der Waals surface area contributed by atoms with E-state index in [4.69, 9.17) is 4.42 Å². The highest BCUT2D eigenvalue weighted by Crippen LogP contribution is 2.47. The van der Waals surface area contributed by atoms with Crippen molar-refractivity contribution in [3.05, 3.63) is 51.9 Å². The molecule has 1 unspecified atom stereocenters. The van der Waals surface area contributed by atoms with Gasteiger partial charge in [0, 0.05) is 18.7 Å². The molecule has 3 aromatic heterocycles. The average Bonchev–Trinajstić information content (AvgIpc) is 3.18. The summed E-state index contributed by atoms with van der Waals surface area (Å²) in [6.45, 7) is 3.84. The fourth-order valence-corrected chi connectivity index (χ4v) is 4.29. The number of amides is 2. The van der Waals surface area contributed by atoms with Gasteiger partial charge in [-0.1, -0.05) is 0 Å². The van der Waals surface area contributed by atoms with Crippen LogP contribution in [-0.2, 0) is 24.1 Å². The Morgan fingerprint density at radius 2 is 2.06 bits per heavy atom. The standard InChI is InChI=1S/C21H22BrF3N6O3/c1-3-30-10-14(16(28-30)20(33)26-9-13-5-4-8-34-13)27-19(32)11(2)31-17(12-6-7-12)15(22)18(29-31)21(23,24)25/h4-5,8,10-12H,3,6-7,9H2,1-2H3,(H,26,33)(H,27,32). The van der Waals surface area contributed by atoms with Crippen LogP contribution in [0.3, 0.4) is 0 Å². The number of hydrogen-bond donors (Lipinski definition) is 2. The minimum atomic E-state index is -4.66. The summed E-state index contributed by atoms with van der Waals surface area (Å²) < 4.78 is 47.9. The van der Waals surface area contributed by atoms with Crippen LogP contribution in [0.5, 0.6) is 0 Å². The molecule has 1 saturated carbocycles.